The van der Waals surface area contributed by atoms with Crippen molar-refractivity contribution >= 4 is 34.5 Å². The summed E-state index contributed by atoms with van der Waals surface area (Å²) in [4.78, 5) is 15.5. The number of benzene rings is 1. The first-order valence-electron chi connectivity index (χ1n) is 8.84. The van der Waals surface area contributed by atoms with Crippen molar-refractivity contribution < 1.29 is 22.7 Å². The van der Waals surface area contributed by atoms with Crippen LogP contribution in [0.1, 0.15) is 23.3 Å². The lowest BCUT2D eigenvalue weighted by atomic mass is 10.1. The Hall–Kier alpha value is -1.61. The average Bonchev–Trinajstić information content (AvgIpc) is 3.29. The molecule has 0 unspecified atom stereocenters. The van der Waals surface area contributed by atoms with Crippen LogP contribution in [-0.4, -0.2) is 36.6 Å². The molecule has 0 saturated carbocycles. The fourth-order valence-corrected chi connectivity index (χ4v) is 4.06. The lowest BCUT2D eigenvalue weighted by molar-refractivity contribution is -0.137. The Morgan fingerprint density at radius 2 is 2.18 bits per heavy atom. The Labute approximate surface area is 170 Å². The number of anilines is 1. The quantitative estimate of drug-likeness (QED) is 0.666. The Kier molecular flexibility index (Phi) is 6.98. The zero-order valence-electron chi connectivity index (χ0n) is 15.0. The molecule has 0 bridgehead atoms. The summed E-state index contributed by atoms with van der Waals surface area (Å²) in [7, 11) is 0. The number of alkyl halides is 3. The Bertz CT molecular complexity index is 793. The minimum atomic E-state index is -4.61. The number of amides is 1. The summed E-state index contributed by atoms with van der Waals surface area (Å²) in [5, 5.41) is 4.29. The van der Waals surface area contributed by atoms with Gasteiger partial charge in [0.25, 0.3) is 0 Å². The summed E-state index contributed by atoms with van der Waals surface area (Å²) in [6, 6.07) is 7.20. The normalized spacial score (nSPS) is 17.2. The summed E-state index contributed by atoms with van der Waals surface area (Å²) in [6.45, 7) is 1.76. The van der Waals surface area contributed by atoms with E-state index in [9.17, 15) is 18.0 Å². The van der Waals surface area contributed by atoms with Crippen molar-refractivity contribution in [2.45, 2.75) is 31.7 Å². The third kappa shape index (κ3) is 5.94. The maximum Gasteiger partial charge on any atom is 0.418 e. The highest BCUT2D eigenvalue weighted by Crippen LogP contribution is 2.36. The van der Waals surface area contributed by atoms with E-state index < -0.39 is 17.6 Å². The number of thiophene rings is 1. The second kappa shape index (κ2) is 9.26. The predicted octanol–water partition coefficient (Wildman–Crippen LogP) is 5.04. The molecule has 1 aromatic heterocycles. The largest absolute Gasteiger partial charge is 0.418 e. The second-order valence-electron chi connectivity index (χ2n) is 6.62. The summed E-state index contributed by atoms with van der Waals surface area (Å²) in [5.41, 5.74) is -1.26. The molecule has 2 heterocycles. The number of halogens is 4. The number of hydrogen-bond acceptors (Lipinski definition) is 4. The van der Waals surface area contributed by atoms with Crippen molar-refractivity contribution in [3.05, 3.63) is 51.2 Å². The van der Waals surface area contributed by atoms with Crippen LogP contribution in [0.5, 0.6) is 0 Å². The first-order valence-corrected chi connectivity index (χ1v) is 10.1. The minimum absolute atomic E-state index is 0.0301. The second-order valence-corrected chi connectivity index (χ2v) is 8.09. The highest BCUT2D eigenvalue weighted by atomic mass is 35.5. The fraction of sp³-hybridized carbons (Fsp3) is 0.421. The number of carbonyl (C=O) groups excluding carboxylic acids is 1. The van der Waals surface area contributed by atoms with Gasteiger partial charge in [-0.3, -0.25) is 9.69 Å². The summed E-state index contributed by atoms with van der Waals surface area (Å²) in [6.07, 6.45) is -2.68. The van der Waals surface area contributed by atoms with Crippen LogP contribution in [0.15, 0.2) is 35.7 Å². The van der Waals surface area contributed by atoms with E-state index in [1.807, 2.05) is 22.4 Å². The van der Waals surface area contributed by atoms with E-state index in [0.717, 1.165) is 23.8 Å². The molecule has 2 aromatic rings. The molecular formula is C19H20ClF3N2O2S. The molecule has 0 aliphatic carbocycles. The maximum atomic E-state index is 13.2. The molecule has 0 radical (unpaired) electrons. The zero-order chi connectivity index (χ0) is 20.1. The van der Waals surface area contributed by atoms with Gasteiger partial charge in [-0.05, 0) is 42.5 Å². The van der Waals surface area contributed by atoms with E-state index in [1.54, 1.807) is 11.3 Å². The molecule has 1 aliphatic heterocycles. The topological polar surface area (TPSA) is 41.6 Å². The molecule has 152 valence electrons. The molecule has 1 aliphatic rings. The van der Waals surface area contributed by atoms with Crippen molar-refractivity contribution in [3.63, 3.8) is 0 Å². The Morgan fingerprint density at radius 3 is 2.82 bits per heavy atom. The highest BCUT2D eigenvalue weighted by molar-refractivity contribution is 7.09. The van der Waals surface area contributed by atoms with Gasteiger partial charge >= 0.3 is 6.18 Å². The smallest absolute Gasteiger partial charge is 0.377 e. The van der Waals surface area contributed by atoms with Crippen LogP contribution in [0, 0.1) is 0 Å². The van der Waals surface area contributed by atoms with Gasteiger partial charge in [-0.25, -0.2) is 0 Å². The van der Waals surface area contributed by atoms with Crippen LogP contribution in [0.4, 0.5) is 18.9 Å². The average molecular weight is 433 g/mol. The fourth-order valence-electron chi connectivity index (χ4n) is 3.14. The number of ether oxygens (including phenoxy) is 1. The van der Waals surface area contributed by atoms with Gasteiger partial charge in [-0.1, -0.05) is 17.7 Å². The molecule has 28 heavy (non-hydrogen) atoms. The predicted molar refractivity (Wildman–Crippen MR) is 104 cm³/mol. The molecule has 3 rings (SSSR count). The Morgan fingerprint density at radius 1 is 1.36 bits per heavy atom. The van der Waals surface area contributed by atoms with Crippen LogP contribution in [0.2, 0.25) is 5.02 Å². The van der Waals surface area contributed by atoms with Gasteiger partial charge in [-0.2, -0.15) is 13.2 Å². The molecule has 4 nitrogen and oxygen atoms in total. The van der Waals surface area contributed by atoms with Crippen LogP contribution in [0.3, 0.4) is 0 Å². The van der Waals surface area contributed by atoms with Gasteiger partial charge in [-0.15, -0.1) is 11.3 Å². The van der Waals surface area contributed by atoms with E-state index in [2.05, 4.69) is 5.32 Å². The monoisotopic (exact) mass is 432 g/mol. The SMILES string of the molecule is O=C(CN(Cc1cccs1)C[C@H]1CCCO1)Nc1ccc(Cl)cc1C(F)(F)F. The van der Waals surface area contributed by atoms with Crippen molar-refractivity contribution in [1.29, 1.82) is 0 Å². The van der Waals surface area contributed by atoms with Crippen LogP contribution >= 0.6 is 22.9 Å². The number of carbonyl (C=O) groups is 1. The molecular weight excluding hydrogens is 413 g/mol. The molecule has 1 atom stereocenters. The van der Waals surface area contributed by atoms with Crippen LogP contribution in [0.25, 0.3) is 0 Å². The molecule has 1 fully saturated rings. The number of hydrogen-bond donors (Lipinski definition) is 1. The highest BCUT2D eigenvalue weighted by Gasteiger charge is 2.34. The number of nitrogens with zero attached hydrogens (tertiary/aromatic N) is 1. The molecule has 9 heteroatoms. The van der Waals surface area contributed by atoms with Crippen molar-refractivity contribution in [1.82, 2.24) is 4.90 Å². The lowest BCUT2D eigenvalue weighted by Gasteiger charge is -2.24. The molecule has 1 N–H and O–H groups in total. The van der Waals surface area contributed by atoms with E-state index in [1.165, 1.54) is 12.1 Å². The summed E-state index contributed by atoms with van der Waals surface area (Å²) >= 11 is 7.25. The van der Waals surface area contributed by atoms with Crippen molar-refractivity contribution in [2.24, 2.45) is 0 Å². The zero-order valence-corrected chi connectivity index (χ0v) is 16.5. The van der Waals surface area contributed by atoms with E-state index in [4.69, 9.17) is 16.3 Å². The maximum absolute atomic E-state index is 13.2. The third-order valence-corrected chi connectivity index (χ3v) is 5.47. The third-order valence-electron chi connectivity index (χ3n) is 4.37. The van der Waals surface area contributed by atoms with Gasteiger partial charge in [0.05, 0.1) is 23.9 Å². The molecule has 0 spiro atoms. The van der Waals surface area contributed by atoms with Gasteiger partial charge in [0.1, 0.15) is 0 Å². The summed E-state index contributed by atoms with van der Waals surface area (Å²) < 4.78 is 45.3. The minimum Gasteiger partial charge on any atom is -0.377 e. The van der Waals surface area contributed by atoms with Gasteiger partial charge in [0, 0.05) is 29.6 Å². The van der Waals surface area contributed by atoms with Crippen LogP contribution in [-0.2, 0) is 22.3 Å². The molecule has 1 amide bonds. The van der Waals surface area contributed by atoms with E-state index in [-0.39, 0.29) is 23.4 Å². The lowest BCUT2D eigenvalue weighted by Crippen LogP contribution is -2.38. The number of rotatable bonds is 7. The van der Waals surface area contributed by atoms with E-state index >= 15 is 0 Å². The van der Waals surface area contributed by atoms with Gasteiger partial charge in [0.15, 0.2) is 0 Å². The molecule has 1 saturated heterocycles. The van der Waals surface area contributed by atoms with Crippen LogP contribution < -0.4 is 5.32 Å². The number of nitrogens with one attached hydrogen (secondary N) is 1. The first-order chi connectivity index (χ1) is 13.3. The van der Waals surface area contributed by atoms with E-state index in [0.29, 0.717) is 19.7 Å². The van der Waals surface area contributed by atoms with Gasteiger partial charge in [0.2, 0.25) is 5.91 Å². The first kappa shape index (κ1) is 21.1. The standard InChI is InChI=1S/C19H20ClF3N2O2S/c20-13-5-6-17(16(9-13)19(21,22)23)24-18(26)12-25(10-14-3-1-7-27-14)11-15-4-2-8-28-15/h2,4-6,8-9,14H,1,3,7,10-12H2,(H,24,26)/t14-/m1/s1. The van der Waals surface area contributed by atoms with Crippen molar-refractivity contribution in [2.75, 3.05) is 25.0 Å². The summed E-state index contributed by atoms with van der Waals surface area (Å²) in [5.74, 6) is -0.512. The Balaban J connectivity index is 1.69. The van der Waals surface area contributed by atoms with Gasteiger partial charge < -0.3 is 10.1 Å². The molecule has 1 aromatic carbocycles. The van der Waals surface area contributed by atoms with Crippen molar-refractivity contribution in [3.8, 4) is 0 Å².